The van der Waals surface area contributed by atoms with Crippen LogP contribution in [0.2, 0.25) is 0 Å². The molecule has 1 atom stereocenters. The van der Waals surface area contributed by atoms with Crippen molar-refractivity contribution in [3.8, 4) is 0 Å². The molecule has 2 aromatic carbocycles. The molecule has 3 aromatic rings. The SMILES string of the molecule is Cc1ccc(CNC(=O)[C@@H](C)OC(=O)c2oc3ccccc3c2C)cc1. The maximum Gasteiger partial charge on any atom is 0.375 e. The number of carbonyl (C=O) groups excluding carboxylic acids is 2. The Balaban J connectivity index is 1.61. The summed E-state index contributed by atoms with van der Waals surface area (Å²) in [6.45, 7) is 5.72. The summed E-state index contributed by atoms with van der Waals surface area (Å²) < 4.78 is 10.8. The molecule has 1 amide bonds. The number of amides is 1. The molecule has 0 bridgehead atoms. The Morgan fingerprint density at radius 3 is 2.46 bits per heavy atom. The van der Waals surface area contributed by atoms with Gasteiger partial charge in [0.2, 0.25) is 5.76 Å². The fraction of sp³-hybridized carbons (Fsp3) is 0.238. The third-order valence-electron chi connectivity index (χ3n) is 4.27. The summed E-state index contributed by atoms with van der Waals surface area (Å²) in [4.78, 5) is 24.6. The molecule has 0 aliphatic heterocycles. The predicted octanol–water partition coefficient (Wildman–Crippen LogP) is 3.91. The Hall–Kier alpha value is -3.08. The molecule has 5 heteroatoms. The van der Waals surface area contributed by atoms with E-state index in [1.165, 1.54) is 0 Å². The highest BCUT2D eigenvalue weighted by Gasteiger charge is 2.23. The number of aryl methyl sites for hydroxylation is 2. The Kier molecular flexibility index (Phi) is 5.07. The zero-order valence-corrected chi connectivity index (χ0v) is 15.0. The van der Waals surface area contributed by atoms with Crippen LogP contribution in [-0.4, -0.2) is 18.0 Å². The lowest BCUT2D eigenvalue weighted by Gasteiger charge is -2.13. The van der Waals surface area contributed by atoms with E-state index in [0.717, 1.165) is 16.5 Å². The first-order valence-corrected chi connectivity index (χ1v) is 8.48. The van der Waals surface area contributed by atoms with Gasteiger partial charge in [-0.1, -0.05) is 48.0 Å². The minimum absolute atomic E-state index is 0.129. The summed E-state index contributed by atoms with van der Waals surface area (Å²) >= 11 is 0. The molecule has 3 rings (SSSR count). The molecule has 0 aliphatic rings. The second kappa shape index (κ2) is 7.44. The molecule has 0 fully saturated rings. The quantitative estimate of drug-likeness (QED) is 0.708. The van der Waals surface area contributed by atoms with Gasteiger partial charge in [0.05, 0.1) is 0 Å². The van der Waals surface area contributed by atoms with Crippen molar-refractivity contribution in [3.63, 3.8) is 0 Å². The van der Waals surface area contributed by atoms with E-state index in [1.807, 2.05) is 49.4 Å². The fourth-order valence-electron chi connectivity index (χ4n) is 2.68. The van der Waals surface area contributed by atoms with Crippen molar-refractivity contribution in [2.24, 2.45) is 0 Å². The molecule has 0 saturated heterocycles. The molecule has 0 aliphatic carbocycles. The van der Waals surface area contributed by atoms with Crippen molar-refractivity contribution in [2.45, 2.75) is 33.4 Å². The summed E-state index contributed by atoms with van der Waals surface area (Å²) in [7, 11) is 0. The number of esters is 1. The van der Waals surface area contributed by atoms with Gasteiger partial charge < -0.3 is 14.5 Å². The van der Waals surface area contributed by atoms with Crippen molar-refractivity contribution in [1.29, 1.82) is 0 Å². The van der Waals surface area contributed by atoms with Crippen molar-refractivity contribution >= 4 is 22.8 Å². The van der Waals surface area contributed by atoms with Crippen LogP contribution in [0.5, 0.6) is 0 Å². The van der Waals surface area contributed by atoms with E-state index in [2.05, 4.69) is 5.32 Å². The van der Waals surface area contributed by atoms with Crippen molar-refractivity contribution in [2.75, 3.05) is 0 Å². The number of carbonyl (C=O) groups is 2. The van der Waals surface area contributed by atoms with Gasteiger partial charge in [-0.25, -0.2) is 4.79 Å². The van der Waals surface area contributed by atoms with E-state index in [4.69, 9.17) is 9.15 Å². The maximum absolute atomic E-state index is 12.4. The van der Waals surface area contributed by atoms with Gasteiger partial charge in [-0.2, -0.15) is 0 Å². The minimum atomic E-state index is -0.916. The van der Waals surface area contributed by atoms with E-state index >= 15 is 0 Å². The number of hydrogen-bond acceptors (Lipinski definition) is 4. The van der Waals surface area contributed by atoms with Crippen LogP contribution in [0.1, 0.15) is 34.2 Å². The Bertz CT molecular complexity index is 940. The van der Waals surface area contributed by atoms with Crippen LogP contribution >= 0.6 is 0 Å². The second-order valence-corrected chi connectivity index (χ2v) is 6.30. The van der Waals surface area contributed by atoms with Crippen LogP contribution in [0.15, 0.2) is 52.9 Å². The lowest BCUT2D eigenvalue weighted by atomic mass is 10.1. The minimum Gasteiger partial charge on any atom is -0.449 e. The van der Waals surface area contributed by atoms with Crippen LogP contribution in [-0.2, 0) is 16.1 Å². The number of benzene rings is 2. The molecule has 1 aromatic heterocycles. The lowest BCUT2D eigenvalue weighted by molar-refractivity contribution is -0.129. The van der Waals surface area contributed by atoms with Gasteiger partial charge in [0.15, 0.2) is 6.10 Å². The number of fused-ring (bicyclic) bond motifs is 1. The molecule has 0 saturated carbocycles. The molecular formula is C21H21NO4. The number of furan rings is 1. The fourth-order valence-corrected chi connectivity index (χ4v) is 2.68. The van der Waals surface area contributed by atoms with E-state index in [1.54, 1.807) is 19.9 Å². The largest absolute Gasteiger partial charge is 0.449 e. The smallest absolute Gasteiger partial charge is 0.375 e. The third-order valence-corrected chi connectivity index (χ3v) is 4.27. The Morgan fingerprint density at radius 2 is 1.77 bits per heavy atom. The summed E-state index contributed by atoms with van der Waals surface area (Å²) in [5, 5.41) is 3.63. The van der Waals surface area contributed by atoms with Gasteiger partial charge in [-0.3, -0.25) is 4.79 Å². The van der Waals surface area contributed by atoms with Crippen LogP contribution in [0.4, 0.5) is 0 Å². The van der Waals surface area contributed by atoms with Gasteiger partial charge in [-0.15, -0.1) is 0 Å². The summed E-state index contributed by atoms with van der Waals surface area (Å²) in [5.41, 5.74) is 3.46. The van der Waals surface area contributed by atoms with E-state index in [9.17, 15) is 9.59 Å². The number of hydrogen-bond donors (Lipinski definition) is 1. The summed E-state index contributed by atoms with van der Waals surface area (Å²) in [5.74, 6) is -0.867. The highest BCUT2D eigenvalue weighted by atomic mass is 16.6. The van der Waals surface area contributed by atoms with E-state index in [0.29, 0.717) is 17.7 Å². The molecule has 0 spiro atoms. The van der Waals surface area contributed by atoms with Gasteiger partial charge >= 0.3 is 5.97 Å². The van der Waals surface area contributed by atoms with Gasteiger partial charge in [0, 0.05) is 17.5 Å². The topological polar surface area (TPSA) is 68.5 Å². The monoisotopic (exact) mass is 351 g/mol. The first kappa shape index (κ1) is 17.7. The standard InChI is InChI=1S/C21H21NO4/c1-13-8-10-16(11-9-13)12-22-20(23)15(3)25-21(24)19-14(2)17-6-4-5-7-18(17)26-19/h4-11,15H,12H2,1-3H3,(H,22,23)/t15-/m1/s1. The van der Waals surface area contributed by atoms with E-state index < -0.39 is 12.1 Å². The van der Waals surface area contributed by atoms with Crippen LogP contribution < -0.4 is 5.32 Å². The molecule has 0 unspecified atom stereocenters. The first-order chi connectivity index (χ1) is 12.5. The average Bonchev–Trinajstić information content (AvgIpc) is 2.98. The van der Waals surface area contributed by atoms with Crippen molar-refractivity contribution < 1.29 is 18.7 Å². The van der Waals surface area contributed by atoms with Gasteiger partial charge in [0.1, 0.15) is 5.58 Å². The number of rotatable bonds is 5. The van der Waals surface area contributed by atoms with Crippen LogP contribution in [0, 0.1) is 13.8 Å². The van der Waals surface area contributed by atoms with Crippen LogP contribution in [0.25, 0.3) is 11.0 Å². The lowest BCUT2D eigenvalue weighted by Crippen LogP contribution is -2.35. The first-order valence-electron chi connectivity index (χ1n) is 8.48. The molecular weight excluding hydrogens is 330 g/mol. The van der Waals surface area contributed by atoms with Crippen molar-refractivity contribution in [3.05, 3.63) is 71.0 Å². The Labute approximate surface area is 152 Å². The predicted molar refractivity (Wildman–Crippen MR) is 98.9 cm³/mol. The molecule has 134 valence electrons. The average molecular weight is 351 g/mol. The van der Waals surface area contributed by atoms with E-state index in [-0.39, 0.29) is 11.7 Å². The number of para-hydroxylation sites is 1. The van der Waals surface area contributed by atoms with Gasteiger partial charge in [-0.05, 0) is 32.4 Å². The summed E-state index contributed by atoms with van der Waals surface area (Å²) in [6.07, 6.45) is -0.916. The zero-order valence-electron chi connectivity index (χ0n) is 15.0. The highest BCUT2D eigenvalue weighted by Crippen LogP contribution is 2.25. The summed E-state index contributed by atoms with van der Waals surface area (Å²) in [6, 6.07) is 15.2. The molecule has 1 heterocycles. The van der Waals surface area contributed by atoms with Crippen LogP contribution in [0.3, 0.4) is 0 Å². The third kappa shape index (κ3) is 3.77. The maximum atomic E-state index is 12.4. The molecule has 0 radical (unpaired) electrons. The van der Waals surface area contributed by atoms with Gasteiger partial charge in [0.25, 0.3) is 5.91 Å². The molecule has 1 N–H and O–H groups in total. The zero-order chi connectivity index (χ0) is 18.7. The molecule has 26 heavy (non-hydrogen) atoms. The Morgan fingerprint density at radius 1 is 1.08 bits per heavy atom. The highest BCUT2D eigenvalue weighted by molar-refractivity contribution is 5.97. The van der Waals surface area contributed by atoms with Crippen molar-refractivity contribution in [1.82, 2.24) is 5.32 Å². The number of nitrogens with one attached hydrogen (secondary N) is 1. The second-order valence-electron chi connectivity index (χ2n) is 6.30. The normalized spacial score (nSPS) is 12.0. The number of ether oxygens (including phenoxy) is 1. The molecule has 5 nitrogen and oxygen atoms in total.